The monoisotopic (exact) mass is 269 g/mol. The van der Waals surface area contributed by atoms with Crippen LogP contribution in [-0.4, -0.2) is 10.1 Å². The average molecular weight is 269 g/mol. The minimum atomic E-state index is -0.589. The van der Waals surface area contributed by atoms with Gasteiger partial charge in [0.15, 0.2) is 0 Å². The van der Waals surface area contributed by atoms with E-state index in [4.69, 9.17) is 0 Å². The number of aliphatic hydroxyl groups excluding tert-OH is 1. The fourth-order valence-electron chi connectivity index (χ4n) is 2.37. The van der Waals surface area contributed by atoms with Crippen LogP contribution < -0.4 is 0 Å². The summed E-state index contributed by atoms with van der Waals surface area (Å²) in [5, 5.41) is 13.8. The summed E-state index contributed by atoms with van der Waals surface area (Å²) in [5.74, 6) is 0. The molecule has 1 N–H and O–H groups in total. The first-order valence-electron chi connectivity index (χ1n) is 6.39. The van der Waals surface area contributed by atoms with E-state index in [2.05, 4.69) is 18.0 Å². The number of para-hydroxylation sites is 1. The molecule has 3 aromatic rings. The van der Waals surface area contributed by atoms with Crippen LogP contribution in [0.1, 0.15) is 29.0 Å². The summed E-state index contributed by atoms with van der Waals surface area (Å²) in [6.45, 7) is 2.11. The zero-order chi connectivity index (χ0) is 13.2. The number of fused-ring (bicyclic) bond motifs is 1. The minimum Gasteiger partial charge on any atom is -0.383 e. The number of nitrogens with zero attached hydrogens (tertiary/aromatic N) is 1. The maximum atomic E-state index is 10.7. The van der Waals surface area contributed by atoms with Crippen molar-refractivity contribution in [3.05, 3.63) is 64.0 Å². The summed E-state index contributed by atoms with van der Waals surface area (Å²) in [5.41, 5.74) is 2.98. The second-order valence-corrected chi connectivity index (χ2v) is 5.44. The summed E-state index contributed by atoms with van der Waals surface area (Å²) in [6.07, 6.45) is 2.12. The quantitative estimate of drug-likeness (QED) is 0.781. The third kappa shape index (κ3) is 2.15. The van der Waals surface area contributed by atoms with Crippen molar-refractivity contribution in [1.82, 2.24) is 4.98 Å². The van der Waals surface area contributed by atoms with E-state index < -0.39 is 6.10 Å². The van der Waals surface area contributed by atoms with Crippen LogP contribution in [-0.2, 0) is 6.42 Å². The van der Waals surface area contributed by atoms with Crippen LogP contribution in [0, 0.1) is 0 Å². The smallest absolute Gasteiger partial charge is 0.116 e. The van der Waals surface area contributed by atoms with E-state index in [0.29, 0.717) is 0 Å². The Labute approximate surface area is 116 Å². The molecule has 0 aliphatic carbocycles. The van der Waals surface area contributed by atoms with Crippen molar-refractivity contribution in [2.75, 3.05) is 0 Å². The average Bonchev–Trinajstić information content (AvgIpc) is 2.94. The van der Waals surface area contributed by atoms with Crippen LogP contribution in [0.15, 0.2) is 48.0 Å². The molecule has 2 nitrogen and oxygen atoms in total. The molecule has 0 fully saturated rings. The zero-order valence-electron chi connectivity index (χ0n) is 10.7. The Morgan fingerprint density at radius 3 is 2.89 bits per heavy atom. The molecule has 0 aliphatic rings. The number of thiophene rings is 1. The van der Waals surface area contributed by atoms with Gasteiger partial charge in [0.05, 0.1) is 5.52 Å². The third-order valence-corrected chi connectivity index (χ3v) is 4.38. The molecule has 19 heavy (non-hydrogen) atoms. The van der Waals surface area contributed by atoms with E-state index in [1.807, 2.05) is 35.7 Å². The van der Waals surface area contributed by atoms with Crippen LogP contribution in [0.25, 0.3) is 10.9 Å². The van der Waals surface area contributed by atoms with Crippen molar-refractivity contribution in [3.8, 4) is 0 Å². The Bertz CT molecular complexity index is 699. The highest BCUT2D eigenvalue weighted by Gasteiger charge is 2.18. The molecular formula is C16H15NOS. The molecule has 0 aliphatic heterocycles. The predicted molar refractivity (Wildman–Crippen MR) is 79.5 cm³/mol. The van der Waals surface area contributed by atoms with Crippen molar-refractivity contribution < 1.29 is 5.11 Å². The second kappa shape index (κ2) is 5.11. The number of aryl methyl sites for hydroxylation is 1. The molecule has 0 amide bonds. The molecule has 0 spiro atoms. The van der Waals surface area contributed by atoms with Gasteiger partial charge in [-0.05, 0) is 29.5 Å². The first-order chi connectivity index (χ1) is 9.31. The molecular weight excluding hydrogens is 254 g/mol. The summed E-state index contributed by atoms with van der Waals surface area (Å²) >= 11 is 1.61. The van der Waals surface area contributed by atoms with Gasteiger partial charge in [0.25, 0.3) is 0 Å². The van der Waals surface area contributed by atoms with Crippen LogP contribution in [0.2, 0.25) is 0 Å². The van der Waals surface area contributed by atoms with E-state index in [1.54, 1.807) is 17.5 Å². The van der Waals surface area contributed by atoms with Gasteiger partial charge in [-0.15, -0.1) is 11.3 Å². The lowest BCUT2D eigenvalue weighted by atomic mass is 10.0. The number of hydrogen-bond acceptors (Lipinski definition) is 3. The van der Waals surface area contributed by atoms with Crippen LogP contribution in [0.4, 0.5) is 0 Å². The Kier molecular flexibility index (Phi) is 3.32. The molecule has 1 aromatic carbocycles. The van der Waals surface area contributed by atoms with E-state index >= 15 is 0 Å². The number of aromatic nitrogens is 1. The van der Waals surface area contributed by atoms with Crippen molar-refractivity contribution in [1.29, 1.82) is 0 Å². The number of benzene rings is 1. The number of aliphatic hydroxyl groups is 1. The number of rotatable bonds is 3. The summed E-state index contributed by atoms with van der Waals surface area (Å²) in [7, 11) is 0. The van der Waals surface area contributed by atoms with Crippen LogP contribution >= 0.6 is 11.3 Å². The fraction of sp³-hybridized carbons (Fsp3) is 0.188. The third-order valence-electron chi connectivity index (χ3n) is 3.37. The van der Waals surface area contributed by atoms with Gasteiger partial charge in [0.2, 0.25) is 0 Å². The normalized spacial score (nSPS) is 12.7. The standard InChI is InChI=1S/C16H15NOS/c1-2-11-8-10-19-16(11)15(18)13-7-3-5-12-6-4-9-17-14(12)13/h3-10,15,18H,2H2,1H3. The van der Waals surface area contributed by atoms with Crippen LogP contribution in [0.5, 0.6) is 0 Å². The molecule has 0 saturated heterocycles. The SMILES string of the molecule is CCc1ccsc1C(O)c1cccc2cccnc12. The summed E-state index contributed by atoms with van der Waals surface area (Å²) < 4.78 is 0. The molecule has 1 unspecified atom stereocenters. The van der Waals surface area contributed by atoms with E-state index in [0.717, 1.165) is 27.8 Å². The fourth-order valence-corrected chi connectivity index (χ4v) is 3.37. The lowest BCUT2D eigenvalue weighted by Crippen LogP contribution is -2.01. The highest BCUT2D eigenvalue weighted by atomic mass is 32.1. The van der Waals surface area contributed by atoms with Gasteiger partial charge in [-0.3, -0.25) is 4.98 Å². The van der Waals surface area contributed by atoms with Crippen molar-refractivity contribution in [3.63, 3.8) is 0 Å². The zero-order valence-corrected chi connectivity index (χ0v) is 11.5. The highest BCUT2D eigenvalue weighted by Crippen LogP contribution is 2.32. The molecule has 2 aromatic heterocycles. The van der Waals surface area contributed by atoms with Crippen molar-refractivity contribution in [2.45, 2.75) is 19.4 Å². The predicted octanol–water partition coefficient (Wildman–Crippen LogP) is 3.94. The number of hydrogen-bond donors (Lipinski definition) is 1. The Morgan fingerprint density at radius 1 is 1.21 bits per heavy atom. The Hall–Kier alpha value is -1.71. The summed E-state index contributed by atoms with van der Waals surface area (Å²) in [6, 6.07) is 12.0. The first kappa shape index (κ1) is 12.3. The molecule has 2 heterocycles. The topological polar surface area (TPSA) is 33.1 Å². The van der Waals surface area contributed by atoms with E-state index in [1.165, 1.54) is 5.56 Å². The van der Waals surface area contributed by atoms with E-state index in [9.17, 15) is 5.11 Å². The van der Waals surface area contributed by atoms with Gasteiger partial charge in [0, 0.05) is 22.0 Å². The highest BCUT2D eigenvalue weighted by molar-refractivity contribution is 7.10. The summed E-state index contributed by atoms with van der Waals surface area (Å²) in [4.78, 5) is 5.44. The lowest BCUT2D eigenvalue weighted by molar-refractivity contribution is 0.224. The Balaban J connectivity index is 2.14. The maximum Gasteiger partial charge on any atom is 0.116 e. The Morgan fingerprint density at radius 2 is 2.05 bits per heavy atom. The van der Waals surface area contributed by atoms with Gasteiger partial charge in [-0.25, -0.2) is 0 Å². The molecule has 0 radical (unpaired) electrons. The minimum absolute atomic E-state index is 0.589. The molecule has 0 bridgehead atoms. The van der Waals surface area contributed by atoms with Gasteiger partial charge in [0.1, 0.15) is 6.10 Å². The number of pyridine rings is 1. The van der Waals surface area contributed by atoms with Crippen molar-refractivity contribution in [2.24, 2.45) is 0 Å². The second-order valence-electron chi connectivity index (χ2n) is 4.49. The molecule has 1 atom stereocenters. The maximum absolute atomic E-state index is 10.7. The largest absolute Gasteiger partial charge is 0.383 e. The van der Waals surface area contributed by atoms with Gasteiger partial charge >= 0.3 is 0 Å². The van der Waals surface area contributed by atoms with Gasteiger partial charge < -0.3 is 5.11 Å². The molecule has 96 valence electrons. The van der Waals surface area contributed by atoms with Gasteiger partial charge in [-0.2, -0.15) is 0 Å². The molecule has 3 heteroatoms. The molecule has 3 rings (SSSR count). The first-order valence-corrected chi connectivity index (χ1v) is 7.27. The van der Waals surface area contributed by atoms with Gasteiger partial charge in [-0.1, -0.05) is 31.2 Å². The van der Waals surface area contributed by atoms with E-state index in [-0.39, 0.29) is 0 Å². The lowest BCUT2D eigenvalue weighted by Gasteiger charge is -2.13. The molecule has 0 saturated carbocycles. The van der Waals surface area contributed by atoms with Crippen LogP contribution in [0.3, 0.4) is 0 Å². The van der Waals surface area contributed by atoms with Crippen molar-refractivity contribution >= 4 is 22.2 Å².